The van der Waals surface area contributed by atoms with Gasteiger partial charge < -0.3 is 10.1 Å². The molecule has 2 unspecified atom stereocenters. The Kier molecular flexibility index (Phi) is 1.74. The maximum Gasteiger partial charge on any atom is 0.0657 e. The lowest BCUT2D eigenvalue weighted by Gasteiger charge is -2.41. The molecule has 0 aliphatic carbocycles. The molecule has 0 aromatic rings. The van der Waals surface area contributed by atoms with Crippen molar-refractivity contribution in [1.29, 1.82) is 0 Å². The molecule has 0 bridgehead atoms. The van der Waals surface area contributed by atoms with Crippen molar-refractivity contribution in [2.75, 3.05) is 19.8 Å². The Morgan fingerprint density at radius 1 is 1.42 bits per heavy atom. The van der Waals surface area contributed by atoms with Gasteiger partial charge in [-0.05, 0) is 18.4 Å². The Bertz CT molecular complexity index is 173. The van der Waals surface area contributed by atoms with Gasteiger partial charge in [0, 0.05) is 5.92 Å². The van der Waals surface area contributed by atoms with Crippen LogP contribution in [0.1, 0.15) is 27.2 Å². The molecular weight excluding hydrogens is 150 g/mol. The smallest absolute Gasteiger partial charge is 0.0657 e. The summed E-state index contributed by atoms with van der Waals surface area (Å²) in [6.07, 6.45) is 1.29. The molecule has 2 atom stereocenters. The summed E-state index contributed by atoms with van der Waals surface area (Å²) in [5.74, 6) is 0.748. The van der Waals surface area contributed by atoms with Crippen molar-refractivity contribution in [2.45, 2.75) is 32.7 Å². The third kappa shape index (κ3) is 0.944. The number of rotatable bonds is 0. The van der Waals surface area contributed by atoms with E-state index in [2.05, 4.69) is 26.1 Å². The molecule has 2 aliphatic heterocycles. The van der Waals surface area contributed by atoms with E-state index in [-0.39, 0.29) is 5.54 Å². The van der Waals surface area contributed by atoms with Crippen molar-refractivity contribution >= 4 is 0 Å². The Hall–Kier alpha value is -0.0800. The zero-order chi connectivity index (χ0) is 8.82. The molecule has 0 spiro atoms. The second kappa shape index (κ2) is 2.46. The average molecular weight is 169 g/mol. The average Bonchev–Trinajstić information content (AvgIpc) is 2.37. The largest absolute Gasteiger partial charge is 0.379 e. The van der Waals surface area contributed by atoms with Gasteiger partial charge in [0.15, 0.2) is 0 Å². The van der Waals surface area contributed by atoms with Crippen LogP contribution in [0.15, 0.2) is 0 Å². The van der Waals surface area contributed by atoms with Gasteiger partial charge in [0.05, 0.1) is 18.8 Å². The van der Waals surface area contributed by atoms with Crippen LogP contribution in [-0.4, -0.2) is 25.3 Å². The molecule has 2 aliphatic rings. The number of ether oxygens (including phenoxy) is 1. The number of nitrogens with one attached hydrogen (secondary N) is 1. The Morgan fingerprint density at radius 2 is 2.17 bits per heavy atom. The van der Waals surface area contributed by atoms with Gasteiger partial charge in [-0.3, -0.25) is 0 Å². The zero-order valence-electron chi connectivity index (χ0n) is 8.31. The van der Waals surface area contributed by atoms with Gasteiger partial charge in [0.2, 0.25) is 0 Å². The van der Waals surface area contributed by atoms with Crippen LogP contribution in [-0.2, 0) is 4.74 Å². The van der Waals surface area contributed by atoms with Crippen LogP contribution in [0, 0.1) is 11.3 Å². The molecule has 12 heavy (non-hydrogen) atoms. The van der Waals surface area contributed by atoms with Gasteiger partial charge in [-0.1, -0.05) is 20.8 Å². The SMILES string of the molecule is CC(C)(C)C12COCC1CCN2. The van der Waals surface area contributed by atoms with Crippen LogP contribution < -0.4 is 5.32 Å². The fraction of sp³-hybridized carbons (Fsp3) is 1.00. The van der Waals surface area contributed by atoms with Crippen molar-refractivity contribution in [1.82, 2.24) is 5.32 Å². The monoisotopic (exact) mass is 169 g/mol. The Balaban J connectivity index is 2.28. The first-order valence-corrected chi connectivity index (χ1v) is 4.89. The fourth-order valence-electron chi connectivity index (χ4n) is 2.71. The van der Waals surface area contributed by atoms with E-state index in [0.29, 0.717) is 5.41 Å². The van der Waals surface area contributed by atoms with Crippen molar-refractivity contribution in [2.24, 2.45) is 11.3 Å². The van der Waals surface area contributed by atoms with Crippen LogP contribution in [0.25, 0.3) is 0 Å². The molecule has 0 amide bonds. The third-order valence-corrected chi connectivity index (χ3v) is 3.62. The van der Waals surface area contributed by atoms with E-state index in [1.165, 1.54) is 13.0 Å². The summed E-state index contributed by atoms with van der Waals surface area (Å²) < 4.78 is 5.58. The number of hydrogen-bond acceptors (Lipinski definition) is 2. The van der Waals surface area contributed by atoms with E-state index in [1.807, 2.05) is 0 Å². The van der Waals surface area contributed by atoms with E-state index in [1.54, 1.807) is 0 Å². The molecular formula is C10H19NO. The fourth-order valence-corrected chi connectivity index (χ4v) is 2.71. The highest BCUT2D eigenvalue weighted by molar-refractivity contribution is 5.09. The molecule has 0 aromatic heterocycles. The topological polar surface area (TPSA) is 21.3 Å². The Morgan fingerprint density at radius 3 is 2.75 bits per heavy atom. The minimum Gasteiger partial charge on any atom is -0.379 e. The van der Waals surface area contributed by atoms with Crippen molar-refractivity contribution in [3.8, 4) is 0 Å². The maximum atomic E-state index is 5.58. The minimum atomic E-state index is 0.271. The lowest BCUT2D eigenvalue weighted by atomic mass is 9.69. The molecule has 1 N–H and O–H groups in total. The van der Waals surface area contributed by atoms with Gasteiger partial charge >= 0.3 is 0 Å². The second-order valence-corrected chi connectivity index (χ2v) is 5.15. The molecule has 0 aromatic carbocycles. The first-order chi connectivity index (χ1) is 5.56. The molecule has 2 rings (SSSR count). The summed E-state index contributed by atoms with van der Waals surface area (Å²) in [6.45, 7) is 9.98. The van der Waals surface area contributed by atoms with Crippen LogP contribution in [0.2, 0.25) is 0 Å². The van der Waals surface area contributed by atoms with Gasteiger partial charge in [-0.2, -0.15) is 0 Å². The van der Waals surface area contributed by atoms with E-state index >= 15 is 0 Å². The summed E-state index contributed by atoms with van der Waals surface area (Å²) in [5, 5.41) is 3.65. The molecule has 2 nitrogen and oxygen atoms in total. The zero-order valence-corrected chi connectivity index (χ0v) is 8.31. The van der Waals surface area contributed by atoms with E-state index in [4.69, 9.17) is 4.74 Å². The lowest BCUT2D eigenvalue weighted by molar-refractivity contribution is 0.104. The molecule has 70 valence electrons. The minimum absolute atomic E-state index is 0.271. The predicted octanol–water partition coefficient (Wildman–Crippen LogP) is 1.41. The van der Waals surface area contributed by atoms with E-state index in [0.717, 1.165) is 19.1 Å². The van der Waals surface area contributed by atoms with Crippen molar-refractivity contribution in [3.63, 3.8) is 0 Å². The molecule has 2 fully saturated rings. The van der Waals surface area contributed by atoms with Gasteiger partial charge in [0.1, 0.15) is 0 Å². The van der Waals surface area contributed by atoms with E-state index < -0.39 is 0 Å². The summed E-state index contributed by atoms with van der Waals surface area (Å²) >= 11 is 0. The second-order valence-electron chi connectivity index (χ2n) is 5.15. The maximum absolute atomic E-state index is 5.58. The lowest BCUT2D eigenvalue weighted by Crippen LogP contribution is -2.55. The standard InChI is InChI=1S/C10H19NO/c1-9(2,3)10-7-12-6-8(10)4-5-11-10/h8,11H,4-7H2,1-3H3. The summed E-state index contributed by atoms with van der Waals surface area (Å²) in [5.41, 5.74) is 0.595. The molecule has 0 radical (unpaired) electrons. The van der Waals surface area contributed by atoms with Crippen molar-refractivity contribution in [3.05, 3.63) is 0 Å². The Labute approximate surface area is 74.7 Å². The molecule has 2 heteroatoms. The van der Waals surface area contributed by atoms with Gasteiger partial charge in [-0.25, -0.2) is 0 Å². The number of fused-ring (bicyclic) bond motifs is 1. The highest BCUT2D eigenvalue weighted by Crippen LogP contribution is 2.44. The van der Waals surface area contributed by atoms with Crippen LogP contribution in [0.3, 0.4) is 0 Å². The quantitative estimate of drug-likeness (QED) is 0.592. The normalized spacial score (nSPS) is 41.8. The number of hydrogen-bond donors (Lipinski definition) is 1. The highest BCUT2D eigenvalue weighted by Gasteiger charge is 2.54. The first kappa shape index (κ1) is 8.52. The van der Waals surface area contributed by atoms with Crippen LogP contribution >= 0.6 is 0 Å². The summed E-state index contributed by atoms with van der Waals surface area (Å²) in [6, 6.07) is 0. The highest BCUT2D eigenvalue weighted by atomic mass is 16.5. The molecule has 2 heterocycles. The van der Waals surface area contributed by atoms with Crippen LogP contribution in [0.4, 0.5) is 0 Å². The molecule has 0 saturated carbocycles. The first-order valence-electron chi connectivity index (χ1n) is 4.89. The van der Waals surface area contributed by atoms with Gasteiger partial charge in [-0.15, -0.1) is 0 Å². The predicted molar refractivity (Wildman–Crippen MR) is 49.1 cm³/mol. The van der Waals surface area contributed by atoms with Gasteiger partial charge in [0.25, 0.3) is 0 Å². The molecule has 2 saturated heterocycles. The van der Waals surface area contributed by atoms with Crippen molar-refractivity contribution < 1.29 is 4.74 Å². The summed E-state index contributed by atoms with van der Waals surface area (Å²) in [7, 11) is 0. The van der Waals surface area contributed by atoms with E-state index in [9.17, 15) is 0 Å². The van der Waals surface area contributed by atoms with Crippen LogP contribution in [0.5, 0.6) is 0 Å². The third-order valence-electron chi connectivity index (χ3n) is 3.62. The summed E-state index contributed by atoms with van der Waals surface area (Å²) in [4.78, 5) is 0.